The third-order valence-corrected chi connectivity index (χ3v) is 4.81. The molecular weight excluding hydrogens is 310 g/mol. The summed E-state index contributed by atoms with van der Waals surface area (Å²) in [7, 11) is -1.95. The summed E-state index contributed by atoms with van der Waals surface area (Å²) in [6.07, 6.45) is 4.98. The predicted octanol–water partition coefficient (Wildman–Crippen LogP) is 3.35. The fraction of sp³-hybridized carbons (Fsp3) is 0.111. The van der Waals surface area contributed by atoms with Gasteiger partial charge in [-0.3, -0.25) is 0 Å². The van der Waals surface area contributed by atoms with Gasteiger partial charge in [0.05, 0.1) is 6.26 Å². The molecule has 2 aromatic carbocycles. The van der Waals surface area contributed by atoms with Crippen LogP contribution in [0.15, 0.2) is 66.6 Å². The van der Waals surface area contributed by atoms with E-state index in [-0.39, 0.29) is 0 Å². The van der Waals surface area contributed by atoms with E-state index in [2.05, 4.69) is 0 Å². The Kier molecular flexibility index (Phi) is 3.96. The first-order chi connectivity index (χ1) is 11.0. The van der Waals surface area contributed by atoms with Crippen molar-refractivity contribution in [1.82, 2.24) is 4.31 Å². The van der Waals surface area contributed by atoms with Crippen LogP contribution < -0.4 is 4.74 Å². The fourth-order valence-electron chi connectivity index (χ4n) is 2.34. The lowest BCUT2D eigenvalue weighted by Gasteiger charge is -2.22. The quantitative estimate of drug-likeness (QED) is 0.868. The van der Waals surface area contributed by atoms with Gasteiger partial charge in [-0.1, -0.05) is 54.6 Å². The summed E-state index contributed by atoms with van der Waals surface area (Å²) >= 11 is 0. The van der Waals surface area contributed by atoms with Gasteiger partial charge in [0.25, 0.3) is 0 Å². The molecule has 0 saturated heterocycles. The highest BCUT2D eigenvalue weighted by atomic mass is 32.2. The summed E-state index contributed by atoms with van der Waals surface area (Å²) < 4.78 is 31.2. The van der Waals surface area contributed by atoms with Crippen molar-refractivity contribution < 1.29 is 13.2 Å². The summed E-state index contributed by atoms with van der Waals surface area (Å²) in [4.78, 5) is 0. The predicted molar refractivity (Wildman–Crippen MR) is 92.1 cm³/mol. The van der Waals surface area contributed by atoms with Gasteiger partial charge in [-0.05, 0) is 17.7 Å². The number of fused-ring (bicyclic) bond motifs is 1. The number of ether oxygens (including phenoxy) is 1. The Labute approximate surface area is 136 Å². The molecule has 0 saturated carbocycles. The highest BCUT2D eigenvalue weighted by Gasteiger charge is 2.23. The van der Waals surface area contributed by atoms with Crippen LogP contribution in [0.2, 0.25) is 0 Å². The zero-order valence-electron chi connectivity index (χ0n) is 12.9. The number of sulfonamides is 1. The number of rotatable bonds is 3. The lowest BCUT2D eigenvalue weighted by atomic mass is 10.1. The van der Waals surface area contributed by atoms with Crippen LogP contribution in [-0.4, -0.2) is 26.0 Å². The Balaban J connectivity index is 2.21. The number of hydrogen-bond acceptors (Lipinski definition) is 3. The lowest BCUT2D eigenvalue weighted by Crippen LogP contribution is -2.28. The van der Waals surface area contributed by atoms with Gasteiger partial charge in [0, 0.05) is 18.2 Å². The Hall–Kier alpha value is -2.53. The van der Waals surface area contributed by atoms with Crippen molar-refractivity contribution in [2.75, 3.05) is 13.3 Å². The molecule has 0 atom stereocenters. The molecule has 5 heteroatoms. The van der Waals surface area contributed by atoms with Crippen LogP contribution in [0.25, 0.3) is 11.6 Å². The average molecular weight is 327 g/mol. The smallest absolute Gasteiger partial charge is 0.234 e. The number of nitrogens with zero attached hydrogens (tertiary/aromatic N) is 1. The van der Waals surface area contributed by atoms with E-state index in [0.29, 0.717) is 11.6 Å². The molecular formula is C18H17NO3S. The number of para-hydroxylation sites is 1. The Morgan fingerprint density at radius 3 is 2.26 bits per heavy atom. The second-order valence-electron chi connectivity index (χ2n) is 5.29. The molecule has 1 aliphatic heterocycles. The van der Waals surface area contributed by atoms with E-state index in [1.165, 1.54) is 11.4 Å². The Morgan fingerprint density at radius 2 is 1.57 bits per heavy atom. The van der Waals surface area contributed by atoms with Crippen LogP contribution in [0.1, 0.15) is 11.1 Å². The van der Waals surface area contributed by atoms with Crippen LogP contribution in [0.5, 0.6) is 5.75 Å². The first-order valence-corrected chi connectivity index (χ1v) is 9.00. The van der Waals surface area contributed by atoms with E-state index >= 15 is 0 Å². The minimum Gasteiger partial charge on any atom is -0.439 e. The number of benzene rings is 2. The summed E-state index contributed by atoms with van der Waals surface area (Å²) in [6.45, 7) is 0. The van der Waals surface area contributed by atoms with Crippen molar-refractivity contribution in [3.05, 3.63) is 77.7 Å². The third-order valence-electron chi connectivity index (χ3n) is 3.65. The van der Waals surface area contributed by atoms with Gasteiger partial charge in [0.15, 0.2) is 0 Å². The first kappa shape index (κ1) is 15.4. The Morgan fingerprint density at radius 1 is 0.913 bits per heavy atom. The molecule has 0 radical (unpaired) electrons. The molecule has 0 bridgehead atoms. The summed E-state index contributed by atoms with van der Waals surface area (Å²) in [6, 6.07) is 17.1. The largest absolute Gasteiger partial charge is 0.439 e. The second kappa shape index (κ2) is 5.93. The minimum absolute atomic E-state index is 0.292. The maximum atomic E-state index is 12.0. The van der Waals surface area contributed by atoms with E-state index < -0.39 is 10.0 Å². The minimum atomic E-state index is -3.45. The van der Waals surface area contributed by atoms with Crippen molar-refractivity contribution in [3.8, 4) is 5.75 Å². The molecule has 4 nitrogen and oxygen atoms in total. The van der Waals surface area contributed by atoms with E-state index in [1.54, 1.807) is 0 Å². The van der Waals surface area contributed by atoms with E-state index in [4.69, 9.17) is 4.74 Å². The van der Waals surface area contributed by atoms with E-state index in [9.17, 15) is 8.42 Å². The molecule has 3 rings (SSSR count). The van der Waals surface area contributed by atoms with E-state index in [0.717, 1.165) is 23.0 Å². The Bertz CT molecular complexity index is 883. The van der Waals surface area contributed by atoms with Crippen molar-refractivity contribution in [2.45, 2.75) is 0 Å². The third kappa shape index (κ3) is 3.14. The maximum absolute atomic E-state index is 12.0. The van der Waals surface area contributed by atoms with Crippen molar-refractivity contribution >= 4 is 21.7 Å². The van der Waals surface area contributed by atoms with Gasteiger partial charge in [-0.25, -0.2) is 12.7 Å². The van der Waals surface area contributed by atoms with Crippen LogP contribution >= 0.6 is 0 Å². The molecule has 1 heterocycles. The number of hydrogen-bond donors (Lipinski definition) is 0. The zero-order chi connectivity index (χ0) is 16.4. The first-order valence-electron chi connectivity index (χ1n) is 7.15. The molecule has 118 valence electrons. The molecule has 2 aromatic rings. The standard InChI is InChI=1S/C18H17NO3S/c1-19(23(2,20)21)18-16(14-8-4-3-5-9-14)13-12-15-10-6-7-11-17(15)22-18/h3-13H,1-2H3. The normalized spacial score (nSPS) is 14.0. The SMILES string of the molecule is CN(C1=C(c2ccccc2)C=Cc2ccccc2O1)S(C)(=O)=O. The van der Waals surface area contributed by atoms with Gasteiger partial charge in [-0.15, -0.1) is 0 Å². The molecule has 0 fully saturated rings. The highest BCUT2D eigenvalue weighted by Crippen LogP contribution is 2.32. The van der Waals surface area contributed by atoms with Crippen LogP contribution in [0.4, 0.5) is 0 Å². The fourth-order valence-corrected chi connectivity index (χ4v) is 2.77. The summed E-state index contributed by atoms with van der Waals surface area (Å²) in [5.41, 5.74) is 2.51. The second-order valence-corrected chi connectivity index (χ2v) is 7.30. The molecule has 1 aliphatic rings. The van der Waals surface area contributed by atoms with Crippen LogP contribution in [-0.2, 0) is 10.0 Å². The highest BCUT2D eigenvalue weighted by molar-refractivity contribution is 7.88. The van der Waals surface area contributed by atoms with Crippen LogP contribution in [0, 0.1) is 0 Å². The molecule has 0 aliphatic carbocycles. The molecule has 0 spiro atoms. The summed E-state index contributed by atoms with van der Waals surface area (Å²) in [5.74, 6) is 0.917. The summed E-state index contributed by atoms with van der Waals surface area (Å²) in [5, 5.41) is 0. The maximum Gasteiger partial charge on any atom is 0.234 e. The number of allylic oxidation sites excluding steroid dienone is 2. The van der Waals surface area contributed by atoms with Gasteiger partial charge in [0.2, 0.25) is 15.9 Å². The molecule has 0 unspecified atom stereocenters. The van der Waals surface area contributed by atoms with E-state index in [1.807, 2.05) is 66.7 Å². The van der Waals surface area contributed by atoms with Crippen molar-refractivity contribution in [3.63, 3.8) is 0 Å². The molecule has 23 heavy (non-hydrogen) atoms. The van der Waals surface area contributed by atoms with Gasteiger partial charge >= 0.3 is 0 Å². The van der Waals surface area contributed by atoms with Gasteiger partial charge in [-0.2, -0.15) is 0 Å². The van der Waals surface area contributed by atoms with Gasteiger partial charge < -0.3 is 4.74 Å². The van der Waals surface area contributed by atoms with Crippen molar-refractivity contribution in [2.24, 2.45) is 0 Å². The zero-order valence-corrected chi connectivity index (χ0v) is 13.7. The lowest BCUT2D eigenvalue weighted by molar-refractivity contribution is 0.327. The van der Waals surface area contributed by atoms with Crippen LogP contribution in [0.3, 0.4) is 0 Å². The van der Waals surface area contributed by atoms with Gasteiger partial charge in [0.1, 0.15) is 5.75 Å². The molecule has 0 amide bonds. The molecule has 0 N–H and O–H groups in total. The van der Waals surface area contributed by atoms with Crippen molar-refractivity contribution in [1.29, 1.82) is 0 Å². The topological polar surface area (TPSA) is 46.6 Å². The average Bonchev–Trinajstić information content (AvgIpc) is 2.73. The molecule has 0 aromatic heterocycles. The monoisotopic (exact) mass is 327 g/mol.